The molecule has 0 fully saturated rings. The van der Waals surface area contributed by atoms with E-state index in [1.165, 1.54) is 6.21 Å². The van der Waals surface area contributed by atoms with E-state index in [4.69, 9.17) is 0 Å². The van der Waals surface area contributed by atoms with Crippen LogP contribution in [0.25, 0.3) is 0 Å². The summed E-state index contributed by atoms with van der Waals surface area (Å²) in [6.07, 6.45) is 1.47. The van der Waals surface area contributed by atoms with Gasteiger partial charge in [-0.15, -0.1) is 0 Å². The van der Waals surface area contributed by atoms with E-state index in [0.29, 0.717) is 0 Å². The average molecular weight is 458 g/mol. The predicted octanol–water partition coefficient (Wildman–Crippen LogP) is 4.55. The molecular formula is C27H24NO2PS. The molecule has 0 radical (unpaired) electrons. The molecule has 0 saturated heterocycles. The van der Waals surface area contributed by atoms with Crippen LogP contribution in [0.3, 0.4) is 0 Å². The van der Waals surface area contributed by atoms with E-state index in [1.54, 1.807) is 24.3 Å². The zero-order chi connectivity index (χ0) is 22.4. The second-order valence-corrected chi connectivity index (χ2v) is 12.3. The summed E-state index contributed by atoms with van der Waals surface area (Å²) in [6, 6.07) is 37.4. The maximum atomic E-state index is 12.8. The van der Waals surface area contributed by atoms with Crippen LogP contribution in [-0.2, 0) is 10.0 Å². The van der Waals surface area contributed by atoms with Gasteiger partial charge in [0.25, 0.3) is 10.0 Å². The van der Waals surface area contributed by atoms with Gasteiger partial charge in [0.1, 0.15) is 0 Å². The molecule has 0 aliphatic carbocycles. The monoisotopic (exact) mass is 457 g/mol. The number of benzene rings is 4. The van der Waals surface area contributed by atoms with Crippen molar-refractivity contribution in [1.82, 2.24) is 0 Å². The van der Waals surface area contributed by atoms with Gasteiger partial charge in [0.2, 0.25) is 0 Å². The molecule has 0 aliphatic heterocycles. The molecule has 5 heteroatoms. The summed E-state index contributed by atoms with van der Waals surface area (Å²) in [6.45, 7) is -0.355. The van der Waals surface area contributed by atoms with Crippen molar-refractivity contribution in [3.63, 3.8) is 0 Å². The van der Waals surface area contributed by atoms with Gasteiger partial charge in [-0.3, -0.25) is 0 Å². The number of hydrogen-bond acceptors (Lipinski definition) is 2. The minimum Gasteiger partial charge on any atom is -0.199 e. The molecule has 0 N–H and O–H groups in total. The molecule has 0 aromatic heterocycles. The van der Waals surface area contributed by atoms with Crippen LogP contribution in [0.5, 0.6) is 0 Å². The van der Waals surface area contributed by atoms with Crippen molar-refractivity contribution in [2.45, 2.75) is 11.8 Å². The first-order valence-corrected chi connectivity index (χ1v) is 13.6. The fraction of sp³-hybridized carbons (Fsp3) is 0.0370. The Morgan fingerprint density at radius 3 is 1.44 bits per heavy atom. The quantitative estimate of drug-likeness (QED) is 0.315. The van der Waals surface area contributed by atoms with Crippen LogP contribution in [-0.4, -0.2) is 20.4 Å². The summed E-state index contributed by atoms with van der Waals surface area (Å²) in [7, 11) is -3.79. The largest absolute Gasteiger partial charge is 0.282 e. The topological polar surface area (TPSA) is 46.5 Å². The van der Waals surface area contributed by atoms with Crippen molar-refractivity contribution >= 4 is 44.8 Å². The summed E-state index contributed by atoms with van der Waals surface area (Å²) >= 11 is 0. The molecule has 160 valence electrons. The summed E-state index contributed by atoms with van der Waals surface area (Å²) in [5, 5.41) is 3.41. The van der Waals surface area contributed by atoms with Gasteiger partial charge in [0, 0.05) is 6.21 Å². The molecule has 0 saturated carbocycles. The lowest BCUT2D eigenvalue weighted by Gasteiger charge is -2.28. The van der Waals surface area contributed by atoms with Crippen LogP contribution < -0.4 is 15.9 Å². The van der Waals surface area contributed by atoms with Gasteiger partial charge in [-0.2, -0.15) is 12.8 Å². The maximum absolute atomic E-state index is 12.8. The minimum absolute atomic E-state index is 0.191. The third-order valence-corrected chi connectivity index (χ3v) is 10.5. The highest BCUT2D eigenvalue weighted by Gasteiger charge is 2.24. The van der Waals surface area contributed by atoms with Gasteiger partial charge < -0.3 is 0 Å². The van der Waals surface area contributed by atoms with Crippen molar-refractivity contribution in [3.8, 4) is 0 Å². The first-order valence-electron chi connectivity index (χ1n) is 10.3. The molecule has 4 rings (SSSR count). The Balaban J connectivity index is 1.94. The fourth-order valence-corrected chi connectivity index (χ4v) is 8.19. The standard InChI is InChI=1S/C27H24NO2PS/c1-23-17-19-27(20-18-23)32(29,30)28-21-22-31(24-11-5-2-6-12-24,25-13-7-3-8-14-25)26-15-9-4-10-16-26/h2-22H,1H3. The van der Waals surface area contributed by atoms with Gasteiger partial charge in [0.15, 0.2) is 0 Å². The van der Waals surface area contributed by atoms with Gasteiger partial charge in [-0.1, -0.05) is 109 Å². The van der Waals surface area contributed by atoms with E-state index in [-0.39, 0.29) is 4.90 Å². The summed E-state index contributed by atoms with van der Waals surface area (Å²) in [5.41, 5.74) is 1.00. The lowest BCUT2D eigenvalue weighted by molar-refractivity contribution is 0.598. The van der Waals surface area contributed by atoms with E-state index in [9.17, 15) is 8.42 Å². The van der Waals surface area contributed by atoms with Crippen molar-refractivity contribution in [3.05, 3.63) is 121 Å². The highest BCUT2D eigenvalue weighted by atomic mass is 32.2. The van der Waals surface area contributed by atoms with Gasteiger partial charge in [-0.25, -0.2) is 0 Å². The normalized spacial score (nSPS) is 12.0. The lowest BCUT2D eigenvalue weighted by Crippen LogP contribution is -2.27. The maximum Gasteiger partial charge on any atom is 0.282 e. The predicted molar refractivity (Wildman–Crippen MR) is 138 cm³/mol. The van der Waals surface area contributed by atoms with Crippen molar-refractivity contribution < 1.29 is 8.42 Å². The first kappa shape index (κ1) is 22.0. The minimum atomic E-state index is -3.79. The molecule has 3 nitrogen and oxygen atoms in total. The third kappa shape index (κ3) is 4.52. The Bertz CT molecular complexity index is 1260. The second kappa shape index (κ2) is 9.52. The zero-order valence-corrected chi connectivity index (χ0v) is 19.5. The first-order chi connectivity index (χ1) is 15.5. The molecule has 4 aromatic rings. The molecular weight excluding hydrogens is 433 g/mol. The average Bonchev–Trinajstić information content (AvgIpc) is 2.84. The van der Waals surface area contributed by atoms with Crippen LogP contribution in [0.1, 0.15) is 5.56 Å². The molecule has 0 amide bonds. The number of nitrogens with zero attached hydrogens (tertiary/aromatic N) is 1. The zero-order valence-electron chi connectivity index (χ0n) is 17.7. The van der Waals surface area contributed by atoms with Crippen LogP contribution in [0.15, 0.2) is 125 Å². The summed E-state index contributed by atoms with van der Waals surface area (Å²) < 4.78 is 29.7. The number of hydrogen-bond donors (Lipinski definition) is 0. The Hall–Kier alpha value is -3.20. The molecule has 0 spiro atoms. The molecule has 32 heavy (non-hydrogen) atoms. The van der Waals surface area contributed by atoms with Crippen molar-refractivity contribution in [1.29, 1.82) is 0 Å². The van der Waals surface area contributed by atoms with Crippen molar-refractivity contribution in [2.24, 2.45) is 4.40 Å². The SMILES string of the molecule is Cc1ccc(S(=O)(=O)N=CC=P(c2ccccc2)(c2ccccc2)c2ccccc2)cc1. The van der Waals surface area contributed by atoms with Crippen LogP contribution in [0.4, 0.5) is 0 Å². The van der Waals surface area contributed by atoms with Crippen LogP contribution in [0, 0.1) is 6.92 Å². The summed E-state index contributed by atoms with van der Waals surface area (Å²) in [5.74, 6) is 1.98. The third-order valence-electron chi connectivity index (χ3n) is 5.30. The molecule has 0 unspecified atom stereocenters. The smallest absolute Gasteiger partial charge is 0.199 e. The van der Waals surface area contributed by atoms with Crippen molar-refractivity contribution in [2.75, 3.05) is 0 Å². The second-order valence-electron chi connectivity index (χ2n) is 7.42. The molecule has 0 atom stereocenters. The van der Waals surface area contributed by atoms with Gasteiger partial charge in [-0.05, 0) is 47.7 Å². The molecule has 0 aliphatic rings. The van der Waals surface area contributed by atoms with Gasteiger partial charge >= 0.3 is 0 Å². The van der Waals surface area contributed by atoms with E-state index in [2.05, 4.69) is 40.8 Å². The number of aryl methyl sites for hydroxylation is 1. The Labute approximate surface area is 190 Å². The van der Waals surface area contributed by atoms with Crippen LogP contribution in [0.2, 0.25) is 0 Å². The number of rotatable bonds is 6. The lowest BCUT2D eigenvalue weighted by atomic mass is 10.2. The van der Waals surface area contributed by atoms with E-state index >= 15 is 0 Å². The fourth-order valence-electron chi connectivity index (χ4n) is 3.67. The number of sulfonamides is 1. The molecule has 4 aromatic carbocycles. The Morgan fingerprint density at radius 1 is 0.625 bits per heavy atom. The molecule has 0 heterocycles. The Kier molecular flexibility index (Phi) is 6.55. The summed E-state index contributed by atoms with van der Waals surface area (Å²) in [4.78, 5) is 0.191. The van der Waals surface area contributed by atoms with E-state index < -0.39 is 16.9 Å². The van der Waals surface area contributed by atoms with Gasteiger partial charge in [0.05, 0.1) is 4.90 Å². The van der Waals surface area contributed by atoms with E-state index in [0.717, 1.165) is 21.5 Å². The van der Waals surface area contributed by atoms with E-state index in [1.807, 2.05) is 67.3 Å². The highest BCUT2D eigenvalue weighted by molar-refractivity contribution is 7.95. The Morgan fingerprint density at radius 2 is 1.03 bits per heavy atom. The molecule has 0 bridgehead atoms. The highest BCUT2D eigenvalue weighted by Crippen LogP contribution is 2.43. The van der Waals surface area contributed by atoms with Crippen LogP contribution >= 0.6 is 6.89 Å².